The number of nitrogens with zero attached hydrogens (tertiary/aromatic N) is 4. The number of piperazine rings is 1. The Balaban J connectivity index is 1.84. The second-order valence-corrected chi connectivity index (χ2v) is 4.86. The lowest BCUT2D eigenvalue weighted by atomic mass is 10.2. The predicted molar refractivity (Wildman–Crippen MR) is 74.2 cm³/mol. The van der Waals surface area contributed by atoms with Crippen LogP contribution in [-0.2, 0) is 11.8 Å². The minimum absolute atomic E-state index is 0.00246. The van der Waals surface area contributed by atoms with Gasteiger partial charge in [-0.25, -0.2) is 0 Å². The second kappa shape index (κ2) is 6.51. The van der Waals surface area contributed by atoms with Crippen molar-refractivity contribution < 1.29 is 9.59 Å². The molecule has 7 nitrogen and oxygen atoms in total. The van der Waals surface area contributed by atoms with Crippen molar-refractivity contribution in [3.05, 3.63) is 18.0 Å². The maximum absolute atomic E-state index is 12.3. The van der Waals surface area contributed by atoms with E-state index in [4.69, 9.17) is 0 Å². The van der Waals surface area contributed by atoms with Gasteiger partial charge in [0.25, 0.3) is 5.91 Å². The molecule has 2 rings (SSSR count). The van der Waals surface area contributed by atoms with E-state index in [1.165, 1.54) is 0 Å². The molecule has 0 spiro atoms. The van der Waals surface area contributed by atoms with E-state index >= 15 is 0 Å². The summed E-state index contributed by atoms with van der Waals surface area (Å²) in [5.74, 6) is 0.0431. The Labute approximate surface area is 118 Å². The van der Waals surface area contributed by atoms with Gasteiger partial charge in [0.1, 0.15) is 5.69 Å². The summed E-state index contributed by atoms with van der Waals surface area (Å²) in [6, 6.07) is 1.73. The number of nitrogens with one attached hydrogen (secondary N) is 1. The Hall–Kier alpha value is -1.89. The molecule has 110 valence electrons. The highest BCUT2D eigenvalue weighted by Gasteiger charge is 2.24. The monoisotopic (exact) mass is 279 g/mol. The number of aryl methyl sites for hydroxylation is 1. The standard InChI is InChI=1S/C13H21N5O2/c1-3-14-12(19)10-17-6-8-18(9-7-17)13(20)11-4-5-15-16(11)2/h4-5H,3,6-10H2,1-2H3,(H,14,19). The minimum atomic E-state index is 0.00246. The van der Waals surface area contributed by atoms with E-state index in [0.29, 0.717) is 31.9 Å². The number of hydrogen-bond acceptors (Lipinski definition) is 4. The minimum Gasteiger partial charge on any atom is -0.355 e. The SMILES string of the molecule is CCNC(=O)CN1CCN(C(=O)c2ccnn2C)CC1. The fraction of sp³-hybridized carbons (Fsp3) is 0.615. The number of carbonyl (C=O) groups excluding carboxylic acids is 2. The maximum Gasteiger partial charge on any atom is 0.272 e. The van der Waals surface area contributed by atoms with Gasteiger partial charge in [0, 0.05) is 46.0 Å². The summed E-state index contributed by atoms with van der Waals surface area (Å²) in [5, 5.41) is 6.80. The van der Waals surface area contributed by atoms with E-state index in [0.717, 1.165) is 13.1 Å². The quantitative estimate of drug-likeness (QED) is 0.792. The van der Waals surface area contributed by atoms with E-state index in [-0.39, 0.29) is 11.8 Å². The molecular formula is C13H21N5O2. The number of hydrogen-bond donors (Lipinski definition) is 1. The van der Waals surface area contributed by atoms with Crippen molar-refractivity contribution in [3.8, 4) is 0 Å². The highest BCUT2D eigenvalue weighted by Crippen LogP contribution is 2.07. The van der Waals surface area contributed by atoms with Crippen LogP contribution in [0, 0.1) is 0 Å². The van der Waals surface area contributed by atoms with Gasteiger partial charge in [-0.05, 0) is 13.0 Å². The number of likely N-dealkylation sites (N-methyl/N-ethyl adjacent to an activating group) is 1. The molecule has 2 amide bonds. The van der Waals surface area contributed by atoms with Gasteiger partial charge in [0.2, 0.25) is 5.91 Å². The van der Waals surface area contributed by atoms with Crippen LogP contribution >= 0.6 is 0 Å². The third-order valence-corrected chi connectivity index (χ3v) is 3.44. The van der Waals surface area contributed by atoms with E-state index in [2.05, 4.69) is 15.3 Å². The van der Waals surface area contributed by atoms with Crippen molar-refractivity contribution in [2.75, 3.05) is 39.3 Å². The first-order valence-electron chi connectivity index (χ1n) is 6.88. The normalized spacial score (nSPS) is 16.2. The van der Waals surface area contributed by atoms with Gasteiger partial charge in [-0.2, -0.15) is 5.10 Å². The molecule has 0 aliphatic carbocycles. The van der Waals surface area contributed by atoms with E-state index in [1.54, 1.807) is 24.0 Å². The Morgan fingerprint density at radius 2 is 2.00 bits per heavy atom. The molecule has 7 heteroatoms. The van der Waals surface area contributed by atoms with Crippen molar-refractivity contribution in [1.29, 1.82) is 0 Å². The van der Waals surface area contributed by atoms with Crippen molar-refractivity contribution >= 4 is 11.8 Å². The molecule has 0 radical (unpaired) electrons. The molecule has 20 heavy (non-hydrogen) atoms. The van der Waals surface area contributed by atoms with Crippen LogP contribution in [0.5, 0.6) is 0 Å². The summed E-state index contributed by atoms with van der Waals surface area (Å²) in [4.78, 5) is 27.7. The molecule has 1 aromatic heterocycles. The maximum atomic E-state index is 12.3. The molecule has 0 unspecified atom stereocenters. The zero-order chi connectivity index (χ0) is 14.5. The summed E-state index contributed by atoms with van der Waals surface area (Å²) in [7, 11) is 1.76. The second-order valence-electron chi connectivity index (χ2n) is 4.86. The first kappa shape index (κ1) is 14.5. The van der Waals surface area contributed by atoms with Crippen LogP contribution in [0.4, 0.5) is 0 Å². The molecule has 1 saturated heterocycles. The molecule has 0 saturated carbocycles. The molecular weight excluding hydrogens is 258 g/mol. The van der Waals surface area contributed by atoms with Crippen LogP contribution in [0.15, 0.2) is 12.3 Å². The summed E-state index contributed by atoms with van der Waals surface area (Å²) < 4.78 is 1.59. The smallest absolute Gasteiger partial charge is 0.272 e. The van der Waals surface area contributed by atoms with E-state index < -0.39 is 0 Å². The third kappa shape index (κ3) is 3.36. The average Bonchev–Trinajstić information content (AvgIpc) is 2.85. The van der Waals surface area contributed by atoms with Gasteiger partial charge in [-0.3, -0.25) is 19.2 Å². The highest BCUT2D eigenvalue weighted by atomic mass is 16.2. The molecule has 0 atom stereocenters. The van der Waals surface area contributed by atoms with E-state index in [9.17, 15) is 9.59 Å². The summed E-state index contributed by atoms with van der Waals surface area (Å²) in [6.45, 7) is 5.69. The average molecular weight is 279 g/mol. The van der Waals surface area contributed by atoms with Gasteiger partial charge >= 0.3 is 0 Å². The van der Waals surface area contributed by atoms with Crippen LogP contribution in [0.1, 0.15) is 17.4 Å². The Bertz CT molecular complexity index is 477. The largest absolute Gasteiger partial charge is 0.355 e. The van der Waals surface area contributed by atoms with Gasteiger partial charge in [0.15, 0.2) is 0 Å². The van der Waals surface area contributed by atoms with E-state index in [1.807, 2.05) is 11.8 Å². The lowest BCUT2D eigenvalue weighted by molar-refractivity contribution is -0.122. The highest BCUT2D eigenvalue weighted by molar-refractivity contribution is 5.92. The van der Waals surface area contributed by atoms with Crippen molar-refractivity contribution in [3.63, 3.8) is 0 Å². The zero-order valence-electron chi connectivity index (χ0n) is 12.0. The summed E-state index contributed by atoms with van der Waals surface area (Å²) in [5.41, 5.74) is 0.599. The zero-order valence-corrected chi connectivity index (χ0v) is 12.0. The van der Waals surface area contributed by atoms with Gasteiger partial charge < -0.3 is 10.2 Å². The van der Waals surface area contributed by atoms with Crippen LogP contribution in [0.2, 0.25) is 0 Å². The molecule has 2 heterocycles. The first-order chi connectivity index (χ1) is 9.61. The summed E-state index contributed by atoms with van der Waals surface area (Å²) >= 11 is 0. The number of aromatic nitrogens is 2. The van der Waals surface area contributed by atoms with Crippen molar-refractivity contribution in [2.24, 2.45) is 7.05 Å². The molecule has 0 aromatic carbocycles. The Morgan fingerprint density at radius 3 is 2.55 bits per heavy atom. The van der Waals surface area contributed by atoms with Crippen molar-refractivity contribution in [1.82, 2.24) is 24.9 Å². The third-order valence-electron chi connectivity index (χ3n) is 3.44. The van der Waals surface area contributed by atoms with Gasteiger partial charge in [-0.1, -0.05) is 0 Å². The van der Waals surface area contributed by atoms with Crippen LogP contribution in [0.25, 0.3) is 0 Å². The van der Waals surface area contributed by atoms with Crippen molar-refractivity contribution in [2.45, 2.75) is 6.92 Å². The molecule has 1 fully saturated rings. The Kier molecular flexibility index (Phi) is 4.73. The van der Waals surface area contributed by atoms with Crippen LogP contribution in [0.3, 0.4) is 0 Å². The lowest BCUT2D eigenvalue weighted by Crippen LogP contribution is -2.51. The number of rotatable bonds is 4. The molecule has 1 aliphatic rings. The lowest BCUT2D eigenvalue weighted by Gasteiger charge is -2.34. The molecule has 1 aromatic rings. The molecule has 1 aliphatic heterocycles. The molecule has 1 N–H and O–H groups in total. The Morgan fingerprint density at radius 1 is 1.30 bits per heavy atom. The van der Waals surface area contributed by atoms with Gasteiger partial charge in [0.05, 0.1) is 6.54 Å². The first-order valence-corrected chi connectivity index (χ1v) is 6.88. The predicted octanol–water partition coefficient (Wildman–Crippen LogP) is -0.686. The van der Waals surface area contributed by atoms with Crippen LogP contribution in [-0.4, -0.2) is 70.7 Å². The fourth-order valence-electron chi connectivity index (χ4n) is 2.31. The fourth-order valence-corrected chi connectivity index (χ4v) is 2.31. The van der Waals surface area contributed by atoms with Gasteiger partial charge in [-0.15, -0.1) is 0 Å². The number of amides is 2. The summed E-state index contributed by atoms with van der Waals surface area (Å²) in [6.07, 6.45) is 1.62. The topological polar surface area (TPSA) is 70.5 Å². The van der Waals surface area contributed by atoms with Crippen LogP contribution < -0.4 is 5.32 Å². The number of carbonyl (C=O) groups is 2. The molecule has 0 bridgehead atoms.